The van der Waals surface area contributed by atoms with E-state index >= 15 is 0 Å². The van der Waals surface area contributed by atoms with Crippen LogP contribution in [0, 0.1) is 10.1 Å². The molecule has 0 fully saturated rings. The predicted octanol–water partition coefficient (Wildman–Crippen LogP) is 1.67. The second-order valence-corrected chi connectivity index (χ2v) is 4.23. The van der Waals surface area contributed by atoms with Crippen LogP contribution < -0.4 is 10.6 Å². The standard InChI is InChI=1S/C13H19N3O3.ClH/c1-14-9-2-3-13(17)15-10-8-11-4-6-12(7-5-11)16(18)19;/h4-7,14H,2-3,8-10H2,1H3,(H,15,17);1H. The van der Waals surface area contributed by atoms with Crippen LogP contribution in [0.3, 0.4) is 0 Å². The maximum absolute atomic E-state index is 11.4. The Kier molecular flexibility index (Phi) is 9.32. The van der Waals surface area contributed by atoms with Crippen molar-refractivity contribution in [3.63, 3.8) is 0 Å². The van der Waals surface area contributed by atoms with E-state index in [4.69, 9.17) is 0 Å². The average molecular weight is 302 g/mol. The van der Waals surface area contributed by atoms with Crippen molar-refractivity contribution in [2.75, 3.05) is 20.1 Å². The van der Waals surface area contributed by atoms with E-state index in [1.54, 1.807) is 12.1 Å². The molecule has 1 aromatic rings. The number of non-ortho nitro benzene ring substituents is 1. The number of rotatable bonds is 8. The lowest BCUT2D eigenvalue weighted by Gasteiger charge is -2.05. The van der Waals surface area contributed by atoms with Crippen LogP contribution in [0.25, 0.3) is 0 Å². The van der Waals surface area contributed by atoms with Gasteiger partial charge < -0.3 is 10.6 Å². The number of nitro groups is 1. The first kappa shape index (κ1) is 18.3. The highest BCUT2D eigenvalue weighted by molar-refractivity contribution is 5.85. The third-order valence-corrected chi connectivity index (χ3v) is 2.71. The van der Waals surface area contributed by atoms with Crippen molar-refractivity contribution in [1.82, 2.24) is 10.6 Å². The summed E-state index contributed by atoms with van der Waals surface area (Å²) < 4.78 is 0. The van der Waals surface area contributed by atoms with Gasteiger partial charge >= 0.3 is 0 Å². The van der Waals surface area contributed by atoms with Crippen molar-refractivity contribution in [2.24, 2.45) is 0 Å². The fourth-order valence-corrected chi connectivity index (χ4v) is 1.64. The molecule has 112 valence electrons. The summed E-state index contributed by atoms with van der Waals surface area (Å²) in [5, 5.41) is 16.3. The Labute approximate surface area is 124 Å². The zero-order chi connectivity index (χ0) is 14.1. The highest BCUT2D eigenvalue weighted by atomic mass is 35.5. The molecule has 0 atom stereocenters. The van der Waals surface area contributed by atoms with Crippen LogP contribution in [-0.4, -0.2) is 31.0 Å². The number of carbonyl (C=O) groups is 1. The molecule has 2 N–H and O–H groups in total. The van der Waals surface area contributed by atoms with Gasteiger partial charge in [0.25, 0.3) is 5.69 Å². The van der Waals surface area contributed by atoms with Gasteiger partial charge in [0, 0.05) is 25.1 Å². The summed E-state index contributed by atoms with van der Waals surface area (Å²) >= 11 is 0. The molecule has 0 unspecified atom stereocenters. The molecule has 0 aromatic heterocycles. The van der Waals surface area contributed by atoms with Gasteiger partial charge in [0.1, 0.15) is 0 Å². The average Bonchev–Trinajstić information content (AvgIpc) is 2.39. The van der Waals surface area contributed by atoms with Crippen LogP contribution in [0.5, 0.6) is 0 Å². The summed E-state index contributed by atoms with van der Waals surface area (Å²) in [7, 11) is 1.85. The van der Waals surface area contributed by atoms with Gasteiger partial charge in [-0.15, -0.1) is 12.4 Å². The first-order valence-corrected chi connectivity index (χ1v) is 6.28. The molecule has 1 aromatic carbocycles. The van der Waals surface area contributed by atoms with Crippen LogP contribution in [-0.2, 0) is 11.2 Å². The van der Waals surface area contributed by atoms with Crippen LogP contribution in [0.15, 0.2) is 24.3 Å². The van der Waals surface area contributed by atoms with E-state index in [9.17, 15) is 14.9 Å². The number of halogens is 1. The predicted molar refractivity (Wildman–Crippen MR) is 80.2 cm³/mol. The van der Waals surface area contributed by atoms with Crippen molar-refractivity contribution >= 4 is 24.0 Å². The van der Waals surface area contributed by atoms with Crippen molar-refractivity contribution in [1.29, 1.82) is 0 Å². The molecule has 0 aliphatic heterocycles. The maximum Gasteiger partial charge on any atom is 0.269 e. The quantitative estimate of drug-likeness (QED) is 0.434. The van der Waals surface area contributed by atoms with Gasteiger partial charge in [0.15, 0.2) is 0 Å². The molecule has 0 radical (unpaired) electrons. The fraction of sp³-hybridized carbons (Fsp3) is 0.462. The molecule has 0 heterocycles. The second-order valence-electron chi connectivity index (χ2n) is 4.23. The molecular formula is C13H20ClN3O3. The van der Waals surface area contributed by atoms with Crippen LogP contribution in [0.1, 0.15) is 18.4 Å². The van der Waals surface area contributed by atoms with Gasteiger partial charge in [-0.25, -0.2) is 0 Å². The normalized spacial score (nSPS) is 9.65. The lowest BCUT2D eigenvalue weighted by molar-refractivity contribution is -0.384. The van der Waals surface area contributed by atoms with E-state index in [1.165, 1.54) is 12.1 Å². The molecule has 0 saturated heterocycles. The molecule has 0 aliphatic rings. The minimum atomic E-state index is -0.423. The minimum Gasteiger partial charge on any atom is -0.356 e. The maximum atomic E-state index is 11.4. The van der Waals surface area contributed by atoms with E-state index in [0.717, 1.165) is 18.5 Å². The summed E-state index contributed by atoms with van der Waals surface area (Å²) in [6.07, 6.45) is 2.01. The number of hydrogen-bond donors (Lipinski definition) is 2. The topological polar surface area (TPSA) is 84.3 Å². The van der Waals surface area contributed by atoms with Gasteiger partial charge in [-0.3, -0.25) is 14.9 Å². The number of nitrogens with zero attached hydrogens (tertiary/aromatic N) is 1. The number of hydrogen-bond acceptors (Lipinski definition) is 4. The van der Waals surface area contributed by atoms with Crippen molar-refractivity contribution in [3.8, 4) is 0 Å². The molecule has 7 heteroatoms. The van der Waals surface area contributed by atoms with Crippen molar-refractivity contribution < 1.29 is 9.72 Å². The Balaban J connectivity index is 0.00000361. The fourth-order valence-electron chi connectivity index (χ4n) is 1.64. The lowest BCUT2D eigenvalue weighted by Crippen LogP contribution is -2.26. The van der Waals surface area contributed by atoms with E-state index < -0.39 is 4.92 Å². The number of benzene rings is 1. The lowest BCUT2D eigenvalue weighted by atomic mass is 10.1. The first-order valence-electron chi connectivity index (χ1n) is 6.28. The number of nitrogens with one attached hydrogen (secondary N) is 2. The highest BCUT2D eigenvalue weighted by Crippen LogP contribution is 2.11. The van der Waals surface area contributed by atoms with Gasteiger partial charge in [-0.1, -0.05) is 12.1 Å². The molecule has 20 heavy (non-hydrogen) atoms. The van der Waals surface area contributed by atoms with E-state index in [1.807, 2.05) is 7.05 Å². The van der Waals surface area contributed by atoms with Gasteiger partial charge in [0.2, 0.25) is 5.91 Å². The van der Waals surface area contributed by atoms with E-state index in [2.05, 4.69) is 10.6 Å². The Hall–Kier alpha value is -1.66. The molecular weight excluding hydrogens is 282 g/mol. The van der Waals surface area contributed by atoms with Crippen molar-refractivity contribution in [2.45, 2.75) is 19.3 Å². The third kappa shape index (κ3) is 7.06. The first-order chi connectivity index (χ1) is 9.13. The molecule has 0 spiro atoms. The Morgan fingerprint density at radius 3 is 2.45 bits per heavy atom. The molecule has 0 bridgehead atoms. The van der Waals surface area contributed by atoms with Crippen molar-refractivity contribution in [3.05, 3.63) is 39.9 Å². The monoisotopic (exact) mass is 301 g/mol. The summed E-state index contributed by atoms with van der Waals surface area (Å²) in [5.74, 6) is 0.0390. The van der Waals surface area contributed by atoms with Gasteiger partial charge in [-0.05, 0) is 32.0 Å². The van der Waals surface area contributed by atoms with Gasteiger partial charge in [-0.2, -0.15) is 0 Å². The van der Waals surface area contributed by atoms with Crippen LogP contribution >= 0.6 is 12.4 Å². The van der Waals surface area contributed by atoms with Crippen LogP contribution in [0.2, 0.25) is 0 Å². The molecule has 1 amide bonds. The van der Waals surface area contributed by atoms with E-state index in [0.29, 0.717) is 19.4 Å². The molecule has 1 rings (SSSR count). The Morgan fingerprint density at radius 2 is 1.90 bits per heavy atom. The van der Waals surface area contributed by atoms with Gasteiger partial charge in [0.05, 0.1) is 4.92 Å². The SMILES string of the molecule is CNCCCC(=O)NCCc1ccc([N+](=O)[O-])cc1.Cl. The second kappa shape index (κ2) is 10.2. The Bertz CT molecular complexity index is 423. The molecule has 0 aliphatic carbocycles. The largest absolute Gasteiger partial charge is 0.356 e. The van der Waals surface area contributed by atoms with Crippen LogP contribution in [0.4, 0.5) is 5.69 Å². The summed E-state index contributed by atoms with van der Waals surface area (Å²) in [4.78, 5) is 21.5. The van der Waals surface area contributed by atoms with E-state index in [-0.39, 0.29) is 24.0 Å². The zero-order valence-electron chi connectivity index (χ0n) is 11.4. The molecule has 0 saturated carbocycles. The minimum absolute atomic E-state index is 0. The Morgan fingerprint density at radius 1 is 1.25 bits per heavy atom. The highest BCUT2D eigenvalue weighted by Gasteiger charge is 2.04. The smallest absolute Gasteiger partial charge is 0.269 e. The summed E-state index contributed by atoms with van der Waals surface area (Å²) in [6.45, 7) is 1.38. The third-order valence-electron chi connectivity index (χ3n) is 2.71. The number of amides is 1. The summed E-state index contributed by atoms with van der Waals surface area (Å²) in [5.41, 5.74) is 1.06. The zero-order valence-corrected chi connectivity index (χ0v) is 12.2. The number of nitro benzene ring substituents is 1. The summed E-state index contributed by atoms with van der Waals surface area (Å²) in [6, 6.07) is 6.38. The molecule has 6 nitrogen and oxygen atoms in total. The number of carbonyl (C=O) groups excluding carboxylic acids is 1.